The number of ketones is 1. The summed E-state index contributed by atoms with van der Waals surface area (Å²) in [5.41, 5.74) is 5.37. The molecule has 8 heteroatoms. The molecule has 0 saturated carbocycles. The van der Waals surface area contributed by atoms with E-state index in [0.29, 0.717) is 18.5 Å². The molecular formula is C31H35N3O4S. The van der Waals surface area contributed by atoms with Crippen molar-refractivity contribution in [2.75, 3.05) is 6.54 Å². The standard InChI is InChI=1S/C31H35N3O4S/c1-19(2)27(33-16-23-7-5-6-8-25(23)29(33)37)30(38)34-17-24(35)15-31(34,4)26(36)14-11-21-9-12-22(13-10-21)28-20(3)32-18-39-28/h5-10,12-13,18-19,24,27,35H,11,14-17H2,1-4H3/t24-,27+,31+/m1/s1. The number of aryl methyl sites for hydroxylation is 2. The number of amides is 2. The van der Waals surface area contributed by atoms with Gasteiger partial charge in [-0.05, 0) is 48.9 Å². The van der Waals surface area contributed by atoms with E-state index in [2.05, 4.69) is 17.1 Å². The van der Waals surface area contributed by atoms with Gasteiger partial charge in [-0.2, -0.15) is 0 Å². The van der Waals surface area contributed by atoms with Crippen LogP contribution in [0.2, 0.25) is 0 Å². The number of β-amino-alcohol motifs (C(OH)–C–C–N with tert-alkyl or cyclic N) is 1. The van der Waals surface area contributed by atoms with Crippen molar-refractivity contribution in [2.45, 2.75) is 71.2 Å². The Hall–Kier alpha value is -3.36. The number of fused-ring (bicyclic) bond motifs is 1. The second kappa shape index (κ2) is 10.7. The highest BCUT2D eigenvalue weighted by Crippen LogP contribution is 2.36. The molecular weight excluding hydrogens is 510 g/mol. The predicted octanol–water partition coefficient (Wildman–Crippen LogP) is 4.65. The molecule has 1 saturated heterocycles. The Kier molecular flexibility index (Phi) is 7.44. The van der Waals surface area contributed by atoms with Crippen molar-refractivity contribution in [3.05, 3.63) is 76.4 Å². The van der Waals surface area contributed by atoms with E-state index in [9.17, 15) is 19.5 Å². The first-order valence-corrected chi connectivity index (χ1v) is 14.4. The molecule has 204 valence electrons. The van der Waals surface area contributed by atoms with Crippen molar-refractivity contribution in [3.63, 3.8) is 0 Å². The summed E-state index contributed by atoms with van der Waals surface area (Å²) in [5.74, 6) is -0.674. The molecule has 2 aliphatic heterocycles. The van der Waals surface area contributed by atoms with E-state index in [1.54, 1.807) is 29.2 Å². The number of carbonyl (C=O) groups excluding carboxylic acids is 3. The number of aliphatic hydroxyl groups is 1. The van der Waals surface area contributed by atoms with Crippen LogP contribution in [0.1, 0.15) is 60.8 Å². The number of hydrogen-bond donors (Lipinski definition) is 1. The first-order valence-electron chi connectivity index (χ1n) is 13.5. The molecule has 0 bridgehead atoms. The summed E-state index contributed by atoms with van der Waals surface area (Å²) >= 11 is 1.61. The number of thiazole rings is 1. The fraction of sp³-hybridized carbons (Fsp3) is 0.419. The molecule has 3 atom stereocenters. The lowest BCUT2D eigenvalue weighted by Gasteiger charge is -2.39. The minimum absolute atomic E-state index is 0.0756. The number of aliphatic hydroxyl groups excluding tert-OH is 1. The molecule has 39 heavy (non-hydrogen) atoms. The quantitative estimate of drug-likeness (QED) is 0.445. The van der Waals surface area contributed by atoms with E-state index in [1.165, 1.54) is 4.90 Å². The minimum Gasteiger partial charge on any atom is -0.391 e. The molecule has 0 aliphatic carbocycles. The first-order chi connectivity index (χ1) is 18.6. The van der Waals surface area contributed by atoms with Gasteiger partial charge in [-0.25, -0.2) is 4.98 Å². The predicted molar refractivity (Wildman–Crippen MR) is 151 cm³/mol. The normalized spacial score (nSPS) is 21.5. The van der Waals surface area contributed by atoms with Crippen LogP contribution in [0.3, 0.4) is 0 Å². The third kappa shape index (κ3) is 5.03. The molecule has 1 N–H and O–H groups in total. The zero-order valence-corrected chi connectivity index (χ0v) is 23.7. The molecule has 7 nitrogen and oxygen atoms in total. The molecule has 3 aromatic rings. The van der Waals surface area contributed by atoms with Gasteiger partial charge in [0.1, 0.15) is 11.6 Å². The number of carbonyl (C=O) groups is 3. The summed E-state index contributed by atoms with van der Waals surface area (Å²) < 4.78 is 0. The van der Waals surface area contributed by atoms with Gasteiger partial charge >= 0.3 is 0 Å². The molecule has 3 heterocycles. The fourth-order valence-corrected chi connectivity index (χ4v) is 6.82. The molecule has 1 aromatic heterocycles. The summed E-state index contributed by atoms with van der Waals surface area (Å²) in [6.07, 6.45) is 0.207. The van der Waals surface area contributed by atoms with Gasteiger partial charge in [-0.1, -0.05) is 56.3 Å². The van der Waals surface area contributed by atoms with Crippen LogP contribution in [-0.4, -0.2) is 61.7 Å². The van der Waals surface area contributed by atoms with Crippen molar-refractivity contribution in [1.82, 2.24) is 14.8 Å². The Bertz CT molecular complexity index is 1400. The van der Waals surface area contributed by atoms with Gasteiger partial charge < -0.3 is 14.9 Å². The van der Waals surface area contributed by atoms with Crippen LogP contribution >= 0.6 is 11.3 Å². The van der Waals surface area contributed by atoms with E-state index in [0.717, 1.165) is 27.3 Å². The highest BCUT2D eigenvalue weighted by atomic mass is 32.1. The lowest BCUT2D eigenvalue weighted by atomic mass is 9.87. The van der Waals surface area contributed by atoms with Crippen molar-refractivity contribution >= 4 is 28.9 Å². The van der Waals surface area contributed by atoms with Crippen molar-refractivity contribution in [3.8, 4) is 10.4 Å². The Balaban J connectivity index is 1.31. The van der Waals surface area contributed by atoms with E-state index < -0.39 is 17.7 Å². The molecule has 2 aliphatic rings. The number of likely N-dealkylation sites (tertiary alicyclic amines) is 1. The monoisotopic (exact) mass is 545 g/mol. The molecule has 2 amide bonds. The fourth-order valence-electron chi connectivity index (χ4n) is 6.01. The Morgan fingerprint density at radius 2 is 1.87 bits per heavy atom. The van der Waals surface area contributed by atoms with Gasteiger partial charge in [0.25, 0.3) is 5.91 Å². The molecule has 0 radical (unpaired) electrons. The number of benzene rings is 2. The van der Waals surface area contributed by atoms with Gasteiger partial charge in [-0.15, -0.1) is 11.3 Å². The van der Waals surface area contributed by atoms with Crippen LogP contribution < -0.4 is 0 Å². The molecule has 0 unspecified atom stereocenters. The van der Waals surface area contributed by atoms with Gasteiger partial charge in [0.15, 0.2) is 5.78 Å². The van der Waals surface area contributed by atoms with Crippen LogP contribution in [0.4, 0.5) is 0 Å². The summed E-state index contributed by atoms with van der Waals surface area (Å²) in [6.45, 7) is 8.04. The maximum absolute atomic E-state index is 14.1. The highest BCUT2D eigenvalue weighted by Gasteiger charge is 2.52. The molecule has 0 spiro atoms. The zero-order chi connectivity index (χ0) is 27.9. The van der Waals surface area contributed by atoms with Crippen LogP contribution in [0.15, 0.2) is 54.0 Å². The van der Waals surface area contributed by atoms with Crippen LogP contribution in [0.25, 0.3) is 10.4 Å². The van der Waals surface area contributed by atoms with Crippen LogP contribution in [0.5, 0.6) is 0 Å². The van der Waals surface area contributed by atoms with Crippen molar-refractivity contribution < 1.29 is 19.5 Å². The second-order valence-electron chi connectivity index (χ2n) is 11.2. The summed E-state index contributed by atoms with van der Waals surface area (Å²) in [4.78, 5) is 49.6. The average Bonchev–Trinajstić information content (AvgIpc) is 3.58. The zero-order valence-electron chi connectivity index (χ0n) is 22.9. The SMILES string of the molecule is Cc1ncsc1-c1ccc(CCC(=O)[C@]2(C)C[C@@H](O)CN2C(=O)[C@H](C(C)C)N2Cc3ccccc3C2=O)cc1. The lowest BCUT2D eigenvalue weighted by molar-refractivity contribution is -0.147. The third-order valence-electron chi connectivity index (χ3n) is 8.16. The van der Waals surface area contributed by atoms with E-state index in [4.69, 9.17) is 0 Å². The Labute approximate surface area is 233 Å². The molecule has 5 rings (SSSR count). The Morgan fingerprint density at radius 3 is 2.51 bits per heavy atom. The van der Waals surface area contributed by atoms with E-state index in [-0.39, 0.29) is 42.9 Å². The van der Waals surface area contributed by atoms with Gasteiger partial charge in [-0.3, -0.25) is 14.4 Å². The van der Waals surface area contributed by atoms with E-state index >= 15 is 0 Å². The van der Waals surface area contributed by atoms with Gasteiger partial charge in [0, 0.05) is 31.5 Å². The number of Topliss-reactive ketones (excluding diaryl/α,β-unsaturated/α-hetero) is 1. The molecule has 1 fully saturated rings. The van der Waals surface area contributed by atoms with E-state index in [1.807, 2.05) is 56.6 Å². The number of nitrogens with zero attached hydrogens (tertiary/aromatic N) is 3. The van der Waals surface area contributed by atoms with Crippen LogP contribution in [0, 0.1) is 12.8 Å². The van der Waals surface area contributed by atoms with Gasteiger partial charge in [0.05, 0.1) is 22.2 Å². The Morgan fingerprint density at radius 1 is 1.15 bits per heavy atom. The smallest absolute Gasteiger partial charge is 0.255 e. The minimum atomic E-state index is -1.13. The lowest BCUT2D eigenvalue weighted by Crippen LogP contribution is -2.58. The molecule has 2 aromatic carbocycles. The maximum Gasteiger partial charge on any atom is 0.255 e. The maximum atomic E-state index is 14.1. The summed E-state index contributed by atoms with van der Waals surface area (Å²) in [6, 6.07) is 14.9. The second-order valence-corrected chi connectivity index (χ2v) is 12.1. The first kappa shape index (κ1) is 27.2. The largest absolute Gasteiger partial charge is 0.391 e. The highest BCUT2D eigenvalue weighted by molar-refractivity contribution is 7.13. The van der Waals surface area contributed by atoms with Crippen molar-refractivity contribution in [2.24, 2.45) is 5.92 Å². The van der Waals surface area contributed by atoms with Crippen molar-refractivity contribution in [1.29, 1.82) is 0 Å². The topological polar surface area (TPSA) is 90.8 Å². The van der Waals surface area contributed by atoms with Gasteiger partial charge in [0.2, 0.25) is 5.91 Å². The summed E-state index contributed by atoms with van der Waals surface area (Å²) in [7, 11) is 0. The number of rotatable bonds is 8. The average molecular weight is 546 g/mol. The summed E-state index contributed by atoms with van der Waals surface area (Å²) in [5, 5.41) is 10.6. The number of hydrogen-bond acceptors (Lipinski definition) is 6. The number of aromatic nitrogens is 1. The van der Waals surface area contributed by atoms with Crippen LogP contribution in [-0.2, 0) is 22.6 Å². The third-order valence-corrected chi connectivity index (χ3v) is 9.14.